The predicted octanol–water partition coefficient (Wildman–Crippen LogP) is 1.90. The molecule has 1 unspecified atom stereocenters. The third kappa shape index (κ3) is 3.36. The Hall–Kier alpha value is -1.80. The summed E-state index contributed by atoms with van der Waals surface area (Å²) in [6.45, 7) is 0. The third-order valence-corrected chi connectivity index (χ3v) is 4.57. The van der Waals surface area contributed by atoms with Crippen molar-refractivity contribution in [2.45, 2.75) is 16.0 Å². The van der Waals surface area contributed by atoms with Gasteiger partial charge in [0.05, 0.1) is 16.6 Å². The Morgan fingerprint density at radius 2 is 2.16 bits per heavy atom. The molecule has 0 bridgehead atoms. The highest BCUT2D eigenvalue weighted by Gasteiger charge is 2.23. The fourth-order valence-corrected chi connectivity index (χ4v) is 3.71. The van der Waals surface area contributed by atoms with E-state index < -0.39 is 23.6 Å². The van der Waals surface area contributed by atoms with Crippen molar-refractivity contribution in [3.05, 3.63) is 18.2 Å². The summed E-state index contributed by atoms with van der Waals surface area (Å²) >= 11 is 2.24. The van der Waals surface area contributed by atoms with Crippen molar-refractivity contribution in [2.24, 2.45) is 0 Å². The van der Waals surface area contributed by atoms with Crippen molar-refractivity contribution in [2.75, 3.05) is 5.73 Å². The number of thiazole rings is 1. The highest BCUT2D eigenvalue weighted by Crippen LogP contribution is 2.34. The van der Waals surface area contributed by atoms with Crippen LogP contribution in [0.15, 0.2) is 22.5 Å². The summed E-state index contributed by atoms with van der Waals surface area (Å²) in [5.74, 6) is -2.31. The van der Waals surface area contributed by atoms with Gasteiger partial charge in [-0.1, -0.05) is 11.8 Å². The van der Waals surface area contributed by atoms with Gasteiger partial charge in [0.15, 0.2) is 4.34 Å². The van der Waals surface area contributed by atoms with Crippen molar-refractivity contribution in [1.29, 1.82) is 0 Å². The van der Waals surface area contributed by atoms with E-state index in [0.29, 0.717) is 10.0 Å². The molecule has 0 saturated carbocycles. The summed E-state index contributed by atoms with van der Waals surface area (Å²) in [5.41, 5.74) is 6.98. The Balaban J connectivity index is 2.23. The van der Waals surface area contributed by atoms with Gasteiger partial charge >= 0.3 is 11.9 Å². The molecule has 0 aliphatic carbocycles. The van der Waals surface area contributed by atoms with Crippen LogP contribution < -0.4 is 5.73 Å². The number of benzene rings is 1. The van der Waals surface area contributed by atoms with E-state index >= 15 is 0 Å². The van der Waals surface area contributed by atoms with Crippen LogP contribution in [0.2, 0.25) is 0 Å². The first-order valence-corrected chi connectivity index (χ1v) is 6.92. The lowest BCUT2D eigenvalue weighted by molar-refractivity contribution is -0.142. The smallest absolute Gasteiger partial charge is 0.317 e. The van der Waals surface area contributed by atoms with E-state index in [1.807, 2.05) is 0 Å². The van der Waals surface area contributed by atoms with Crippen molar-refractivity contribution in [1.82, 2.24) is 4.98 Å². The Kier molecular flexibility index (Phi) is 3.91. The second-order valence-corrected chi connectivity index (χ2v) is 6.23. The van der Waals surface area contributed by atoms with Gasteiger partial charge < -0.3 is 15.9 Å². The lowest BCUT2D eigenvalue weighted by Crippen LogP contribution is -2.20. The number of carbonyl (C=O) groups is 2. The number of carboxylic acid groups (broad SMARTS) is 2. The predicted molar refractivity (Wildman–Crippen MR) is 73.6 cm³/mol. The molecule has 0 fully saturated rings. The van der Waals surface area contributed by atoms with Gasteiger partial charge in [0.25, 0.3) is 0 Å². The van der Waals surface area contributed by atoms with E-state index in [2.05, 4.69) is 4.98 Å². The summed E-state index contributed by atoms with van der Waals surface area (Å²) < 4.78 is 1.37. The highest BCUT2D eigenvalue weighted by molar-refractivity contribution is 8.02. The SMILES string of the molecule is Nc1ccc2nc(SC(CC(=O)O)C(=O)O)sc2c1. The van der Waals surface area contributed by atoms with E-state index in [-0.39, 0.29) is 0 Å². The van der Waals surface area contributed by atoms with Gasteiger partial charge in [-0.2, -0.15) is 0 Å². The molecule has 0 aliphatic rings. The fourth-order valence-electron chi connectivity index (χ4n) is 1.43. The topological polar surface area (TPSA) is 114 Å². The zero-order chi connectivity index (χ0) is 14.0. The van der Waals surface area contributed by atoms with Gasteiger partial charge in [0, 0.05) is 5.69 Å². The molecule has 1 atom stereocenters. The quantitative estimate of drug-likeness (QED) is 0.570. The zero-order valence-corrected chi connectivity index (χ0v) is 11.2. The first-order chi connectivity index (χ1) is 8.95. The number of fused-ring (bicyclic) bond motifs is 1. The molecule has 8 heteroatoms. The van der Waals surface area contributed by atoms with E-state index in [0.717, 1.165) is 22.0 Å². The number of nitrogens with zero attached hydrogens (tertiary/aromatic N) is 1. The minimum atomic E-state index is -1.16. The number of nitrogens with two attached hydrogens (primary N) is 1. The molecular formula is C11H10N2O4S2. The van der Waals surface area contributed by atoms with E-state index in [1.165, 1.54) is 11.3 Å². The second kappa shape index (κ2) is 5.45. The summed E-state index contributed by atoms with van der Waals surface area (Å²) in [6, 6.07) is 5.21. The van der Waals surface area contributed by atoms with Crippen molar-refractivity contribution < 1.29 is 19.8 Å². The lowest BCUT2D eigenvalue weighted by atomic mass is 10.3. The van der Waals surface area contributed by atoms with Crippen molar-refractivity contribution >= 4 is 50.9 Å². The van der Waals surface area contributed by atoms with Gasteiger partial charge in [-0.15, -0.1) is 11.3 Å². The molecule has 4 N–H and O–H groups in total. The standard InChI is InChI=1S/C11H10N2O4S2/c12-5-1-2-6-7(3-5)18-11(13-6)19-8(10(16)17)4-9(14)15/h1-3,8H,4,12H2,(H,14,15)(H,16,17). The molecule has 0 aliphatic heterocycles. The number of aliphatic carboxylic acids is 2. The number of nitrogen functional groups attached to an aromatic ring is 1. The first-order valence-electron chi connectivity index (χ1n) is 5.23. The van der Waals surface area contributed by atoms with Crippen LogP contribution in [-0.2, 0) is 9.59 Å². The average molecular weight is 298 g/mol. The van der Waals surface area contributed by atoms with Crippen LogP contribution in [0.1, 0.15) is 6.42 Å². The summed E-state index contributed by atoms with van der Waals surface area (Å²) in [6.07, 6.45) is -0.446. The maximum absolute atomic E-state index is 11.0. The number of thioether (sulfide) groups is 1. The Labute approximate surface area is 116 Å². The van der Waals surface area contributed by atoms with Gasteiger partial charge in [-0.05, 0) is 18.2 Å². The minimum Gasteiger partial charge on any atom is -0.481 e. The lowest BCUT2D eigenvalue weighted by Gasteiger charge is -2.06. The number of aromatic nitrogens is 1. The zero-order valence-electron chi connectivity index (χ0n) is 9.57. The molecule has 0 spiro atoms. The Morgan fingerprint density at radius 1 is 1.42 bits per heavy atom. The number of anilines is 1. The van der Waals surface area contributed by atoms with Crippen LogP contribution >= 0.6 is 23.1 Å². The van der Waals surface area contributed by atoms with Crippen LogP contribution in [0.25, 0.3) is 10.2 Å². The van der Waals surface area contributed by atoms with Crippen LogP contribution in [0.5, 0.6) is 0 Å². The molecule has 6 nitrogen and oxygen atoms in total. The van der Waals surface area contributed by atoms with Crippen LogP contribution in [-0.4, -0.2) is 32.4 Å². The largest absolute Gasteiger partial charge is 0.481 e. The molecule has 100 valence electrons. The van der Waals surface area contributed by atoms with E-state index in [4.69, 9.17) is 15.9 Å². The monoisotopic (exact) mass is 298 g/mol. The first kappa shape index (κ1) is 13.6. The fraction of sp³-hybridized carbons (Fsp3) is 0.182. The summed E-state index contributed by atoms with van der Waals surface area (Å²) in [5, 5.41) is 16.6. The van der Waals surface area contributed by atoms with E-state index in [1.54, 1.807) is 18.2 Å². The summed E-state index contributed by atoms with van der Waals surface area (Å²) in [7, 11) is 0. The molecular weight excluding hydrogens is 288 g/mol. The van der Waals surface area contributed by atoms with Crippen molar-refractivity contribution in [3.63, 3.8) is 0 Å². The molecule has 0 saturated heterocycles. The molecule has 1 aromatic carbocycles. The molecule has 0 radical (unpaired) electrons. The Bertz CT molecular complexity index is 641. The van der Waals surface area contributed by atoms with E-state index in [9.17, 15) is 9.59 Å². The maximum atomic E-state index is 11.0. The maximum Gasteiger partial charge on any atom is 0.317 e. The van der Waals surface area contributed by atoms with Crippen LogP contribution in [0, 0.1) is 0 Å². The van der Waals surface area contributed by atoms with Gasteiger partial charge in [0.2, 0.25) is 0 Å². The van der Waals surface area contributed by atoms with Crippen LogP contribution in [0.3, 0.4) is 0 Å². The second-order valence-electron chi connectivity index (χ2n) is 3.75. The van der Waals surface area contributed by atoms with Gasteiger partial charge in [-0.3, -0.25) is 9.59 Å². The molecule has 1 aromatic heterocycles. The molecule has 2 rings (SSSR count). The Morgan fingerprint density at radius 3 is 2.79 bits per heavy atom. The van der Waals surface area contributed by atoms with Crippen LogP contribution in [0.4, 0.5) is 5.69 Å². The highest BCUT2D eigenvalue weighted by atomic mass is 32.2. The molecule has 1 heterocycles. The molecule has 2 aromatic rings. The normalized spacial score (nSPS) is 12.4. The number of carboxylic acids is 2. The van der Waals surface area contributed by atoms with Gasteiger partial charge in [-0.25, -0.2) is 4.98 Å². The molecule has 19 heavy (non-hydrogen) atoms. The third-order valence-electron chi connectivity index (χ3n) is 2.27. The summed E-state index contributed by atoms with van der Waals surface area (Å²) in [4.78, 5) is 25.8. The molecule has 0 amide bonds. The minimum absolute atomic E-state index is 0.446. The van der Waals surface area contributed by atoms with Gasteiger partial charge in [0.1, 0.15) is 5.25 Å². The number of hydrogen-bond acceptors (Lipinski definition) is 6. The average Bonchev–Trinajstić information content (AvgIpc) is 2.68. The van der Waals surface area contributed by atoms with Crippen molar-refractivity contribution in [3.8, 4) is 0 Å². The number of hydrogen-bond donors (Lipinski definition) is 3. The number of rotatable bonds is 5.